The monoisotopic (exact) mass is 530 g/mol. The van der Waals surface area contributed by atoms with E-state index in [2.05, 4.69) is 25.5 Å². The van der Waals surface area contributed by atoms with E-state index in [9.17, 15) is 9.59 Å². The molecule has 1 amide bonds. The van der Waals surface area contributed by atoms with Crippen molar-refractivity contribution in [1.82, 2.24) is 25.6 Å². The molecule has 1 aliphatic heterocycles. The van der Waals surface area contributed by atoms with Gasteiger partial charge in [-0.05, 0) is 44.7 Å². The SMILES string of the molecule is CCOC(=O)c1cccc2nc(N3CC[C@H](NC(=O)c4nc(Cl)c(CC)[nH]4)[C@H](NC4CCC4)C3)sc12. The van der Waals surface area contributed by atoms with Gasteiger partial charge in [-0.25, -0.2) is 14.8 Å². The number of ether oxygens (including phenoxy) is 1. The molecule has 3 N–H and O–H groups in total. The van der Waals surface area contributed by atoms with Gasteiger partial charge in [0.05, 0.1) is 28.1 Å². The van der Waals surface area contributed by atoms with Gasteiger partial charge in [0.2, 0.25) is 0 Å². The average Bonchev–Trinajstić information content (AvgIpc) is 3.45. The minimum Gasteiger partial charge on any atom is -0.462 e. The Labute approximate surface area is 219 Å². The van der Waals surface area contributed by atoms with Crippen LogP contribution in [0.3, 0.4) is 0 Å². The number of rotatable bonds is 8. The zero-order valence-corrected chi connectivity index (χ0v) is 22.0. The highest BCUT2D eigenvalue weighted by atomic mass is 35.5. The van der Waals surface area contributed by atoms with E-state index >= 15 is 0 Å². The van der Waals surface area contributed by atoms with Crippen molar-refractivity contribution < 1.29 is 14.3 Å². The second-order valence-electron chi connectivity index (χ2n) is 9.29. The van der Waals surface area contributed by atoms with Crippen molar-refractivity contribution in [1.29, 1.82) is 0 Å². The lowest BCUT2D eigenvalue weighted by molar-refractivity contribution is 0.0528. The quantitative estimate of drug-likeness (QED) is 0.378. The van der Waals surface area contributed by atoms with Gasteiger partial charge in [-0.2, -0.15) is 0 Å². The van der Waals surface area contributed by atoms with Crippen LogP contribution in [0.5, 0.6) is 0 Å². The number of amides is 1. The third-order valence-electron chi connectivity index (χ3n) is 6.95. The summed E-state index contributed by atoms with van der Waals surface area (Å²) in [5.41, 5.74) is 2.10. The maximum Gasteiger partial charge on any atom is 0.339 e. The molecule has 0 unspecified atom stereocenters. The van der Waals surface area contributed by atoms with Gasteiger partial charge in [0.15, 0.2) is 16.1 Å². The first kappa shape index (κ1) is 25.0. The van der Waals surface area contributed by atoms with Gasteiger partial charge in [-0.3, -0.25) is 4.79 Å². The summed E-state index contributed by atoms with van der Waals surface area (Å²) in [6, 6.07) is 6.02. The molecule has 1 aromatic carbocycles. The van der Waals surface area contributed by atoms with Crippen LogP contribution in [0.2, 0.25) is 5.15 Å². The van der Waals surface area contributed by atoms with E-state index in [1.54, 1.807) is 13.0 Å². The normalized spacial score (nSPS) is 20.4. The standard InChI is InChI=1S/C25H31ClN6O3S/c1-3-16-21(26)31-22(28-16)23(33)29-17-11-12-32(13-19(17)27-14-7-5-8-14)25-30-18-10-6-9-15(20(18)36-25)24(34)35-4-2/h6,9-10,14,17,19,27H,3-5,7-8,11-13H2,1-2H3,(H,28,31)(H,29,33)/t17-,19+/m0/s1. The largest absolute Gasteiger partial charge is 0.462 e. The summed E-state index contributed by atoms with van der Waals surface area (Å²) in [5, 5.41) is 8.16. The number of hydrogen-bond acceptors (Lipinski definition) is 8. The molecule has 1 saturated carbocycles. The van der Waals surface area contributed by atoms with Gasteiger partial charge >= 0.3 is 5.97 Å². The Morgan fingerprint density at radius 1 is 1.22 bits per heavy atom. The van der Waals surface area contributed by atoms with Crippen LogP contribution in [0.25, 0.3) is 10.2 Å². The predicted molar refractivity (Wildman–Crippen MR) is 141 cm³/mol. The van der Waals surface area contributed by atoms with Crippen molar-refractivity contribution in [2.45, 2.75) is 64.1 Å². The van der Waals surface area contributed by atoms with Gasteiger partial charge in [0.1, 0.15) is 0 Å². The molecule has 0 radical (unpaired) electrons. The molecule has 0 spiro atoms. The Morgan fingerprint density at radius 3 is 2.75 bits per heavy atom. The Kier molecular flexibility index (Phi) is 7.45. The fraction of sp³-hybridized carbons (Fsp3) is 0.520. The number of anilines is 1. The number of H-pyrrole nitrogens is 1. The van der Waals surface area contributed by atoms with E-state index in [1.165, 1.54) is 17.8 Å². The van der Waals surface area contributed by atoms with Crippen molar-refractivity contribution in [3.63, 3.8) is 0 Å². The molecule has 1 aliphatic carbocycles. The fourth-order valence-electron chi connectivity index (χ4n) is 4.75. The van der Waals surface area contributed by atoms with Crippen LogP contribution in [0, 0.1) is 0 Å². The highest BCUT2D eigenvalue weighted by molar-refractivity contribution is 7.22. The molecular weight excluding hydrogens is 500 g/mol. The van der Waals surface area contributed by atoms with E-state index in [-0.39, 0.29) is 29.8 Å². The summed E-state index contributed by atoms with van der Waals surface area (Å²) in [4.78, 5) is 39.7. The first-order chi connectivity index (χ1) is 17.5. The Bertz CT molecular complexity index is 1260. The number of carbonyl (C=O) groups excluding carboxylic acids is 2. The Hall–Kier alpha value is -2.69. The van der Waals surface area contributed by atoms with Crippen LogP contribution < -0.4 is 15.5 Å². The lowest BCUT2D eigenvalue weighted by atomic mass is 9.90. The summed E-state index contributed by atoms with van der Waals surface area (Å²) < 4.78 is 6.07. The third kappa shape index (κ3) is 5.07. The van der Waals surface area contributed by atoms with Crippen molar-refractivity contribution in [3.05, 3.63) is 40.4 Å². The number of benzene rings is 1. The first-order valence-electron chi connectivity index (χ1n) is 12.6. The van der Waals surface area contributed by atoms with Crippen molar-refractivity contribution >= 4 is 50.2 Å². The molecular formula is C25H31ClN6O3S. The molecule has 1 saturated heterocycles. The molecule has 36 heavy (non-hydrogen) atoms. The van der Waals surface area contributed by atoms with Crippen LogP contribution in [0.4, 0.5) is 5.13 Å². The maximum atomic E-state index is 13.0. The Morgan fingerprint density at radius 2 is 2.06 bits per heavy atom. The second kappa shape index (κ2) is 10.7. The van der Waals surface area contributed by atoms with E-state index in [4.69, 9.17) is 21.3 Å². The first-order valence-corrected chi connectivity index (χ1v) is 13.8. The van der Waals surface area contributed by atoms with Gasteiger partial charge in [0, 0.05) is 31.2 Å². The van der Waals surface area contributed by atoms with E-state index in [1.807, 2.05) is 19.1 Å². The molecule has 192 valence electrons. The van der Waals surface area contributed by atoms with Crippen molar-refractivity contribution in [2.24, 2.45) is 0 Å². The second-order valence-corrected chi connectivity index (χ2v) is 10.6. The summed E-state index contributed by atoms with van der Waals surface area (Å²) in [5.74, 6) is -0.317. The number of carbonyl (C=O) groups is 2. The van der Waals surface area contributed by atoms with Gasteiger partial charge < -0.3 is 25.3 Å². The van der Waals surface area contributed by atoms with Gasteiger partial charge in [-0.1, -0.05) is 42.3 Å². The van der Waals surface area contributed by atoms with E-state index in [0.29, 0.717) is 36.3 Å². The van der Waals surface area contributed by atoms with Crippen LogP contribution in [0.1, 0.15) is 66.2 Å². The molecule has 0 bridgehead atoms. The summed E-state index contributed by atoms with van der Waals surface area (Å²) in [6.45, 7) is 5.54. The topological polar surface area (TPSA) is 112 Å². The molecule has 11 heteroatoms. The number of fused-ring (bicyclic) bond motifs is 1. The number of aromatic amines is 1. The molecule has 2 aliphatic rings. The van der Waals surface area contributed by atoms with E-state index in [0.717, 1.165) is 46.8 Å². The summed E-state index contributed by atoms with van der Waals surface area (Å²) >= 11 is 7.66. The summed E-state index contributed by atoms with van der Waals surface area (Å²) in [7, 11) is 0. The lowest BCUT2D eigenvalue weighted by Gasteiger charge is -2.42. The van der Waals surface area contributed by atoms with E-state index < -0.39 is 0 Å². The van der Waals surface area contributed by atoms with Crippen LogP contribution in [-0.4, -0.2) is 64.7 Å². The predicted octanol–water partition coefficient (Wildman–Crippen LogP) is 3.93. The Balaban J connectivity index is 1.34. The lowest BCUT2D eigenvalue weighted by Crippen LogP contribution is -2.62. The maximum absolute atomic E-state index is 13.0. The number of nitrogens with one attached hydrogen (secondary N) is 3. The number of aromatic nitrogens is 3. The molecule has 3 heterocycles. The van der Waals surface area contributed by atoms with Crippen molar-refractivity contribution in [3.8, 4) is 0 Å². The fourth-order valence-corrected chi connectivity index (χ4v) is 6.12. The van der Waals surface area contributed by atoms with Crippen molar-refractivity contribution in [2.75, 3.05) is 24.6 Å². The number of aryl methyl sites for hydroxylation is 1. The number of imidazole rings is 1. The number of hydrogen-bond donors (Lipinski definition) is 3. The molecule has 2 atom stereocenters. The molecule has 5 rings (SSSR count). The zero-order chi connectivity index (χ0) is 25.2. The van der Waals surface area contributed by atoms with Crippen LogP contribution in [-0.2, 0) is 11.2 Å². The summed E-state index contributed by atoms with van der Waals surface area (Å²) in [6.07, 6.45) is 4.96. The highest BCUT2D eigenvalue weighted by Crippen LogP contribution is 2.33. The molecule has 2 aromatic heterocycles. The third-order valence-corrected chi connectivity index (χ3v) is 8.43. The number of piperidine rings is 1. The number of thiazole rings is 1. The molecule has 2 fully saturated rings. The number of esters is 1. The van der Waals surface area contributed by atoms with Crippen LogP contribution >= 0.6 is 22.9 Å². The van der Waals surface area contributed by atoms with Gasteiger partial charge in [0.25, 0.3) is 5.91 Å². The molecule has 3 aromatic rings. The number of halogens is 1. The number of nitrogens with zero attached hydrogens (tertiary/aromatic N) is 3. The smallest absolute Gasteiger partial charge is 0.339 e. The molecule has 9 nitrogen and oxygen atoms in total. The highest BCUT2D eigenvalue weighted by Gasteiger charge is 2.35. The van der Waals surface area contributed by atoms with Gasteiger partial charge in [-0.15, -0.1) is 0 Å². The minimum atomic E-state index is -0.325. The minimum absolute atomic E-state index is 0.0484. The zero-order valence-electron chi connectivity index (χ0n) is 20.5. The average molecular weight is 531 g/mol. The van der Waals surface area contributed by atoms with Crippen LogP contribution in [0.15, 0.2) is 18.2 Å².